The minimum Gasteiger partial charge on any atom is -0.313 e. The molecule has 1 atom stereocenters. The summed E-state index contributed by atoms with van der Waals surface area (Å²) in [5.41, 5.74) is 0.510. The summed E-state index contributed by atoms with van der Waals surface area (Å²) >= 11 is 0. The van der Waals surface area contributed by atoms with Crippen LogP contribution >= 0.6 is 0 Å². The molecule has 1 aliphatic heterocycles. The first-order valence-corrected chi connectivity index (χ1v) is 6.64. The lowest BCUT2D eigenvalue weighted by Crippen LogP contribution is -2.36. The lowest BCUT2D eigenvalue weighted by atomic mass is 10.1. The van der Waals surface area contributed by atoms with Gasteiger partial charge in [-0.25, -0.2) is 8.78 Å². The first-order chi connectivity index (χ1) is 9.56. The van der Waals surface area contributed by atoms with Crippen LogP contribution in [0.3, 0.4) is 0 Å². The molecule has 1 aliphatic rings. The topological polar surface area (TPSA) is 34.0 Å². The molecule has 4 nitrogen and oxygen atoms in total. The van der Waals surface area contributed by atoms with Crippen LogP contribution in [0.15, 0.2) is 18.2 Å². The summed E-state index contributed by atoms with van der Waals surface area (Å²) in [6, 6.07) is 3.62. The van der Waals surface area contributed by atoms with E-state index in [0.29, 0.717) is 12.1 Å². The Labute approximate surface area is 116 Å². The van der Waals surface area contributed by atoms with E-state index in [0.717, 1.165) is 30.8 Å². The largest absolute Gasteiger partial charge is 0.313 e. The van der Waals surface area contributed by atoms with Gasteiger partial charge in [-0.3, -0.25) is 4.90 Å². The van der Waals surface area contributed by atoms with Crippen molar-refractivity contribution in [3.63, 3.8) is 0 Å². The summed E-state index contributed by atoms with van der Waals surface area (Å²) in [5.74, 6) is 0.747. The van der Waals surface area contributed by atoms with Crippen molar-refractivity contribution in [2.24, 2.45) is 0 Å². The predicted molar refractivity (Wildman–Crippen MR) is 69.9 cm³/mol. The molecule has 0 saturated carbocycles. The molecule has 3 rings (SSSR count). The highest BCUT2D eigenvalue weighted by atomic mass is 19.1. The third kappa shape index (κ3) is 2.20. The SMILES string of the molecule is Cc1nnc2n1CCN([C@H](C)c1ccc(F)cc1F)C2. The molecule has 1 aromatic carbocycles. The highest BCUT2D eigenvalue weighted by Crippen LogP contribution is 2.26. The fourth-order valence-electron chi connectivity index (χ4n) is 2.69. The molecule has 0 N–H and O–H groups in total. The zero-order chi connectivity index (χ0) is 14.3. The van der Waals surface area contributed by atoms with Gasteiger partial charge in [0.1, 0.15) is 23.3 Å². The van der Waals surface area contributed by atoms with Crippen LogP contribution in [0, 0.1) is 18.6 Å². The van der Waals surface area contributed by atoms with E-state index in [-0.39, 0.29) is 6.04 Å². The Morgan fingerprint density at radius 2 is 2.00 bits per heavy atom. The number of benzene rings is 1. The lowest BCUT2D eigenvalue weighted by Gasteiger charge is -2.33. The van der Waals surface area contributed by atoms with Crippen molar-refractivity contribution in [2.45, 2.75) is 33.0 Å². The van der Waals surface area contributed by atoms with Crippen molar-refractivity contribution in [1.82, 2.24) is 19.7 Å². The summed E-state index contributed by atoms with van der Waals surface area (Å²) < 4.78 is 28.9. The zero-order valence-electron chi connectivity index (χ0n) is 11.5. The number of aryl methyl sites for hydroxylation is 1. The average Bonchev–Trinajstić information content (AvgIpc) is 2.79. The number of fused-ring (bicyclic) bond motifs is 1. The van der Waals surface area contributed by atoms with Gasteiger partial charge in [0, 0.05) is 30.8 Å². The van der Waals surface area contributed by atoms with E-state index in [1.54, 1.807) is 0 Å². The molecular weight excluding hydrogens is 262 g/mol. The minimum absolute atomic E-state index is 0.124. The van der Waals surface area contributed by atoms with Gasteiger partial charge in [0.15, 0.2) is 0 Å². The Bertz CT molecular complexity index is 638. The van der Waals surface area contributed by atoms with Crippen LogP contribution in [0.2, 0.25) is 0 Å². The van der Waals surface area contributed by atoms with E-state index >= 15 is 0 Å². The predicted octanol–water partition coefficient (Wildman–Crippen LogP) is 2.44. The van der Waals surface area contributed by atoms with Gasteiger partial charge in [-0.05, 0) is 19.9 Å². The number of aromatic nitrogens is 3. The molecule has 0 bridgehead atoms. The fourth-order valence-corrected chi connectivity index (χ4v) is 2.69. The fraction of sp³-hybridized carbons (Fsp3) is 0.429. The van der Waals surface area contributed by atoms with E-state index in [4.69, 9.17) is 0 Å². The highest BCUT2D eigenvalue weighted by Gasteiger charge is 2.25. The van der Waals surface area contributed by atoms with Gasteiger partial charge in [0.2, 0.25) is 0 Å². The normalized spacial score (nSPS) is 17.0. The molecular formula is C14H16F2N4. The van der Waals surface area contributed by atoms with Gasteiger partial charge >= 0.3 is 0 Å². The molecule has 0 radical (unpaired) electrons. The van der Waals surface area contributed by atoms with Gasteiger partial charge in [-0.1, -0.05) is 6.07 Å². The van der Waals surface area contributed by atoms with Crippen LogP contribution < -0.4 is 0 Å². The van der Waals surface area contributed by atoms with E-state index in [2.05, 4.69) is 19.7 Å². The number of hydrogen-bond donors (Lipinski definition) is 0. The smallest absolute Gasteiger partial charge is 0.147 e. The van der Waals surface area contributed by atoms with Gasteiger partial charge in [0.25, 0.3) is 0 Å². The highest BCUT2D eigenvalue weighted by molar-refractivity contribution is 5.22. The van der Waals surface area contributed by atoms with Crippen molar-refractivity contribution >= 4 is 0 Å². The molecule has 0 spiro atoms. The molecule has 0 amide bonds. The first kappa shape index (κ1) is 13.2. The maximum absolute atomic E-state index is 13.9. The van der Waals surface area contributed by atoms with Crippen LogP contribution in [0.25, 0.3) is 0 Å². The van der Waals surface area contributed by atoms with Crippen molar-refractivity contribution in [3.8, 4) is 0 Å². The second-order valence-electron chi connectivity index (χ2n) is 5.13. The molecule has 0 unspecified atom stereocenters. The molecule has 0 saturated heterocycles. The lowest BCUT2D eigenvalue weighted by molar-refractivity contribution is 0.159. The molecule has 20 heavy (non-hydrogen) atoms. The quantitative estimate of drug-likeness (QED) is 0.846. The third-order valence-electron chi connectivity index (χ3n) is 3.93. The Morgan fingerprint density at radius 1 is 1.20 bits per heavy atom. The van der Waals surface area contributed by atoms with Crippen LogP contribution in [-0.4, -0.2) is 26.2 Å². The summed E-state index contributed by atoms with van der Waals surface area (Å²) in [6.45, 7) is 6.06. The zero-order valence-corrected chi connectivity index (χ0v) is 11.5. The second-order valence-corrected chi connectivity index (χ2v) is 5.13. The average molecular weight is 278 g/mol. The molecule has 2 aromatic rings. The van der Waals surface area contributed by atoms with Gasteiger partial charge in [-0.2, -0.15) is 0 Å². The Balaban J connectivity index is 1.83. The second kappa shape index (κ2) is 4.94. The third-order valence-corrected chi connectivity index (χ3v) is 3.93. The Morgan fingerprint density at radius 3 is 2.75 bits per heavy atom. The monoisotopic (exact) mass is 278 g/mol. The van der Waals surface area contributed by atoms with Gasteiger partial charge in [0.05, 0.1) is 6.54 Å². The molecule has 2 heterocycles. The summed E-state index contributed by atoms with van der Waals surface area (Å²) in [4.78, 5) is 2.12. The Kier molecular flexibility index (Phi) is 3.25. The molecule has 6 heteroatoms. The van der Waals surface area contributed by atoms with E-state index in [9.17, 15) is 8.78 Å². The van der Waals surface area contributed by atoms with Gasteiger partial charge in [-0.15, -0.1) is 10.2 Å². The minimum atomic E-state index is -0.549. The number of halogens is 2. The van der Waals surface area contributed by atoms with E-state index < -0.39 is 11.6 Å². The van der Waals surface area contributed by atoms with Crippen LogP contribution in [0.4, 0.5) is 8.78 Å². The van der Waals surface area contributed by atoms with E-state index in [1.165, 1.54) is 12.1 Å². The van der Waals surface area contributed by atoms with Crippen molar-refractivity contribution < 1.29 is 8.78 Å². The molecule has 106 valence electrons. The summed E-state index contributed by atoms with van der Waals surface area (Å²) in [7, 11) is 0. The number of hydrogen-bond acceptors (Lipinski definition) is 3. The summed E-state index contributed by atoms with van der Waals surface area (Å²) in [5, 5.41) is 8.19. The standard InChI is InChI=1S/C14H16F2N4/c1-9(12-4-3-11(15)7-13(12)16)19-5-6-20-10(2)17-18-14(20)8-19/h3-4,7,9H,5-6,8H2,1-2H3/t9-/m1/s1. The molecule has 0 fully saturated rings. The van der Waals surface area contributed by atoms with Crippen LogP contribution in [0.1, 0.15) is 30.2 Å². The van der Waals surface area contributed by atoms with E-state index in [1.807, 2.05) is 13.8 Å². The number of rotatable bonds is 2. The van der Waals surface area contributed by atoms with Crippen molar-refractivity contribution in [2.75, 3.05) is 6.54 Å². The number of nitrogens with zero attached hydrogens (tertiary/aromatic N) is 4. The van der Waals surface area contributed by atoms with Gasteiger partial charge < -0.3 is 4.57 Å². The van der Waals surface area contributed by atoms with Crippen molar-refractivity contribution in [3.05, 3.63) is 47.0 Å². The van der Waals surface area contributed by atoms with Crippen LogP contribution in [-0.2, 0) is 13.1 Å². The maximum atomic E-state index is 13.9. The first-order valence-electron chi connectivity index (χ1n) is 6.64. The molecule has 1 aromatic heterocycles. The maximum Gasteiger partial charge on any atom is 0.147 e. The summed E-state index contributed by atoms with van der Waals surface area (Å²) in [6.07, 6.45) is 0. The molecule has 0 aliphatic carbocycles. The van der Waals surface area contributed by atoms with Crippen LogP contribution in [0.5, 0.6) is 0 Å². The Hall–Kier alpha value is -1.82. The van der Waals surface area contributed by atoms with Crippen molar-refractivity contribution in [1.29, 1.82) is 0 Å².